The molecule has 0 spiro atoms. The number of rotatable bonds is 7. The molecule has 0 bridgehead atoms. The van der Waals surface area contributed by atoms with Crippen LogP contribution in [0.1, 0.15) is 30.1 Å². The average molecular weight is 599 g/mol. The highest BCUT2D eigenvalue weighted by Gasteiger charge is 2.28. The van der Waals surface area contributed by atoms with E-state index >= 15 is 0 Å². The Balaban J connectivity index is 1.15. The number of nitrogens with zero attached hydrogens (tertiary/aromatic N) is 3. The van der Waals surface area contributed by atoms with E-state index in [4.69, 9.17) is 0 Å². The van der Waals surface area contributed by atoms with Crippen LogP contribution in [0.4, 0.5) is 17.1 Å². The van der Waals surface area contributed by atoms with E-state index in [2.05, 4.69) is 184 Å². The van der Waals surface area contributed by atoms with E-state index in [0.717, 1.165) is 36.7 Å². The molecule has 2 heterocycles. The zero-order valence-corrected chi connectivity index (χ0v) is 26.1. The van der Waals surface area contributed by atoms with Gasteiger partial charge in [-0.3, -0.25) is 10.2 Å². The van der Waals surface area contributed by atoms with Crippen LogP contribution in [0.15, 0.2) is 158 Å². The lowest BCUT2D eigenvalue weighted by molar-refractivity contribution is 0.124. The molecule has 1 aliphatic heterocycles. The van der Waals surface area contributed by atoms with E-state index in [9.17, 15) is 0 Å². The standard InChI is InChI=1S/C42H38N4/c1-2-44-30-33(29-43-42(44)32-14-6-3-7-15-32)31-22-24-36(25-23-31)46-40-21-13-12-20-38(40)39-28-37(26-27-41(39)46)45(34-16-8-4-9-17-34)35-18-10-5-11-19-35/h3-28,33,42-43H,2,29-30H2,1H3. The van der Waals surface area contributed by atoms with Crippen LogP contribution in [0.2, 0.25) is 0 Å². The Morgan fingerprint density at radius 2 is 1.20 bits per heavy atom. The minimum atomic E-state index is 0.268. The van der Waals surface area contributed by atoms with Crippen molar-refractivity contribution in [1.29, 1.82) is 0 Å². The number of anilines is 3. The number of benzene rings is 6. The second kappa shape index (κ2) is 12.3. The van der Waals surface area contributed by atoms with Crippen LogP contribution < -0.4 is 10.2 Å². The molecule has 2 atom stereocenters. The number of nitrogens with one attached hydrogen (secondary N) is 1. The maximum atomic E-state index is 3.83. The maximum Gasteiger partial charge on any atom is 0.0861 e. The summed E-state index contributed by atoms with van der Waals surface area (Å²) in [6, 6.07) is 57.0. The van der Waals surface area contributed by atoms with E-state index in [1.54, 1.807) is 0 Å². The first-order chi connectivity index (χ1) is 22.8. The predicted octanol–water partition coefficient (Wildman–Crippen LogP) is 9.96. The van der Waals surface area contributed by atoms with E-state index in [1.807, 2.05) is 0 Å². The van der Waals surface area contributed by atoms with Gasteiger partial charge in [0.25, 0.3) is 0 Å². The second-order valence-electron chi connectivity index (χ2n) is 12.2. The number of aromatic nitrogens is 1. The maximum absolute atomic E-state index is 3.83. The first-order valence-corrected chi connectivity index (χ1v) is 16.3. The number of hydrogen-bond donors (Lipinski definition) is 1. The van der Waals surface area contributed by atoms with Crippen LogP contribution in [0.5, 0.6) is 0 Å². The molecule has 1 aromatic heterocycles. The van der Waals surface area contributed by atoms with Gasteiger partial charge in [0, 0.05) is 52.5 Å². The Bertz CT molecular complexity index is 2030. The number of fused-ring (bicyclic) bond motifs is 3. The van der Waals surface area contributed by atoms with E-state index in [1.165, 1.54) is 38.6 Å². The number of likely N-dealkylation sites (N-methyl/N-ethyl adjacent to an activating group) is 1. The summed E-state index contributed by atoms with van der Waals surface area (Å²) in [5, 5.41) is 6.33. The fourth-order valence-electron chi connectivity index (χ4n) is 7.21. The lowest BCUT2D eigenvalue weighted by atomic mass is 9.94. The molecule has 1 saturated heterocycles. The fraction of sp³-hybridized carbons (Fsp3) is 0.143. The molecule has 226 valence electrons. The van der Waals surface area contributed by atoms with Gasteiger partial charge in [-0.05, 0) is 78.3 Å². The van der Waals surface area contributed by atoms with Crippen molar-refractivity contribution in [3.05, 3.63) is 169 Å². The normalized spacial score (nSPS) is 17.0. The van der Waals surface area contributed by atoms with Gasteiger partial charge in [0.2, 0.25) is 0 Å². The Hall–Kier alpha value is -5.16. The smallest absolute Gasteiger partial charge is 0.0861 e. The Labute approximate surface area is 271 Å². The van der Waals surface area contributed by atoms with Crippen molar-refractivity contribution in [3.8, 4) is 5.69 Å². The molecule has 2 unspecified atom stereocenters. The fourth-order valence-corrected chi connectivity index (χ4v) is 7.21. The number of hydrogen-bond acceptors (Lipinski definition) is 3. The van der Waals surface area contributed by atoms with Crippen LogP contribution in [-0.4, -0.2) is 29.1 Å². The third kappa shape index (κ3) is 5.16. The molecule has 0 aliphatic carbocycles. The molecular formula is C42H38N4. The van der Waals surface area contributed by atoms with Crippen LogP contribution >= 0.6 is 0 Å². The zero-order chi connectivity index (χ0) is 30.9. The first kappa shape index (κ1) is 28.3. The van der Waals surface area contributed by atoms with Gasteiger partial charge in [-0.25, -0.2) is 0 Å². The van der Waals surface area contributed by atoms with Gasteiger partial charge in [0.1, 0.15) is 0 Å². The molecule has 0 amide bonds. The molecular weight excluding hydrogens is 560 g/mol. The van der Waals surface area contributed by atoms with Gasteiger partial charge in [0.15, 0.2) is 0 Å². The summed E-state index contributed by atoms with van der Waals surface area (Å²) in [4.78, 5) is 4.89. The SMILES string of the molecule is CCN1CC(c2ccc(-n3c4ccccc4c4cc(N(c5ccccc5)c5ccccc5)ccc43)cc2)CNC1c1ccccc1. The quantitative estimate of drug-likeness (QED) is 0.198. The van der Waals surface area contributed by atoms with Gasteiger partial charge in [-0.15, -0.1) is 0 Å². The summed E-state index contributed by atoms with van der Waals surface area (Å²) in [5.41, 5.74) is 9.75. The summed E-state index contributed by atoms with van der Waals surface area (Å²) in [6.45, 7) is 5.28. The van der Waals surface area contributed by atoms with Gasteiger partial charge in [-0.2, -0.15) is 0 Å². The molecule has 8 rings (SSSR count). The van der Waals surface area contributed by atoms with E-state index in [0.29, 0.717) is 5.92 Å². The van der Waals surface area contributed by atoms with Crippen LogP contribution in [0.3, 0.4) is 0 Å². The molecule has 0 radical (unpaired) electrons. The van der Waals surface area contributed by atoms with Crippen molar-refractivity contribution in [2.24, 2.45) is 0 Å². The van der Waals surface area contributed by atoms with Crippen molar-refractivity contribution in [2.75, 3.05) is 24.5 Å². The molecule has 7 aromatic rings. The molecule has 1 aliphatic rings. The summed E-state index contributed by atoms with van der Waals surface area (Å²) in [5.74, 6) is 0.441. The molecule has 4 nitrogen and oxygen atoms in total. The molecule has 1 N–H and O–H groups in total. The van der Waals surface area contributed by atoms with E-state index < -0.39 is 0 Å². The third-order valence-corrected chi connectivity index (χ3v) is 9.46. The van der Waals surface area contributed by atoms with Crippen molar-refractivity contribution >= 4 is 38.9 Å². The molecule has 0 saturated carbocycles. The van der Waals surface area contributed by atoms with Crippen LogP contribution in [0.25, 0.3) is 27.5 Å². The van der Waals surface area contributed by atoms with Gasteiger partial charge >= 0.3 is 0 Å². The lowest BCUT2D eigenvalue weighted by Crippen LogP contribution is -2.48. The highest BCUT2D eigenvalue weighted by Crippen LogP contribution is 2.39. The van der Waals surface area contributed by atoms with E-state index in [-0.39, 0.29) is 6.17 Å². The minimum absolute atomic E-state index is 0.268. The molecule has 4 heteroatoms. The van der Waals surface area contributed by atoms with Crippen molar-refractivity contribution in [1.82, 2.24) is 14.8 Å². The Morgan fingerprint density at radius 1 is 0.587 bits per heavy atom. The zero-order valence-electron chi connectivity index (χ0n) is 26.1. The largest absolute Gasteiger partial charge is 0.310 e. The molecule has 6 aromatic carbocycles. The summed E-state index contributed by atoms with van der Waals surface area (Å²) in [6.07, 6.45) is 0.268. The van der Waals surface area contributed by atoms with Crippen molar-refractivity contribution in [3.63, 3.8) is 0 Å². The van der Waals surface area contributed by atoms with Gasteiger partial charge in [-0.1, -0.05) is 104 Å². The first-order valence-electron chi connectivity index (χ1n) is 16.3. The Kier molecular flexibility index (Phi) is 7.59. The van der Waals surface area contributed by atoms with Crippen molar-refractivity contribution in [2.45, 2.75) is 19.0 Å². The van der Waals surface area contributed by atoms with Crippen molar-refractivity contribution < 1.29 is 0 Å². The highest BCUT2D eigenvalue weighted by atomic mass is 15.3. The Morgan fingerprint density at radius 3 is 1.87 bits per heavy atom. The topological polar surface area (TPSA) is 23.4 Å². The summed E-state index contributed by atoms with van der Waals surface area (Å²) < 4.78 is 2.41. The third-order valence-electron chi connectivity index (χ3n) is 9.46. The summed E-state index contributed by atoms with van der Waals surface area (Å²) >= 11 is 0. The highest BCUT2D eigenvalue weighted by molar-refractivity contribution is 6.10. The summed E-state index contributed by atoms with van der Waals surface area (Å²) in [7, 11) is 0. The molecule has 1 fully saturated rings. The monoisotopic (exact) mass is 598 g/mol. The molecule has 46 heavy (non-hydrogen) atoms. The van der Waals surface area contributed by atoms with Crippen LogP contribution in [-0.2, 0) is 0 Å². The second-order valence-corrected chi connectivity index (χ2v) is 12.2. The average Bonchev–Trinajstić information content (AvgIpc) is 3.46. The minimum Gasteiger partial charge on any atom is -0.310 e. The lowest BCUT2D eigenvalue weighted by Gasteiger charge is -2.40. The van der Waals surface area contributed by atoms with Gasteiger partial charge in [0.05, 0.1) is 17.2 Å². The number of para-hydroxylation sites is 3. The predicted molar refractivity (Wildman–Crippen MR) is 193 cm³/mol. The van der Waals surface area contributed by atoms with Gasteiger partial charge < -0.3 is 9.47 Å². The van der Waals surface area contributed by atoms with Crippen LogP contribution in [0, 0.1) is 0 Å².